The Morgan fingerprint density at radius 3 is 2.64 bits per heavy atom. The van der Waals surface area contributed by atoms with E-state index >= 15 is 0 Å². The first kappa shape index (κ1) is 13.1. The number of carbonyl (C=O) groups excluding carboxylic acids is 1. The highest BCUT2D eigenvalue weighted by atomic mass is 16.1. The number of carbonyl (C=O) groups is 1. The maximum atomic E-state index is 12.8. The molecule has 0 amide bonds. The molecule has 0 bridgehead atoms. The molecule has 0 atom stereocenters. The number of ketones is 1. The van der Waals surface area contributed by atoms with Gasteiger partial charge in [0.25, 0.3) is 0 Å². The van der Waals surface area contributed by atoms with Gasteiger partial charge in [0, 0.05) is 16.5 Å². The normalized spacial score (nSPS) is 16.2. The summed E-state index contributed by atoms with van der Waals surface area (Å²) < 4.78 is 0. The fourth-order valence-corrected chi connectivity index (χ4v) is 3.30. The van der Waals surface area contributed by atoms with Crippen LogP contribution >= 0.6 is 0 Å². The Morgan fingerprint density at radius 1 is 1.00 bits per heavy atom. The van der Waals surface area contributed by atoms with Crippen LogP contribution in [0.4, 0.5) is 0 Å². The molecule has 3 aromatic rings. The largest absolute Gasteiger partial charge is 0.351 e. The van der Waals surface area contributed by atoms with Crippen LogP contribution in [-0.4, -0.2) is 10.8 Å². The third kappa shape index (κ3) is 2.00. The van der Waals surface area contributed by atoms with Crippen LogP contribution in [-0.2, 0) is 6.42 Å². The van der Waals surface area contributed by atoms with Gasteiger partial charge in [-0.15, -0.1) is 0 Å². The molecule has 4 rings (SSSR count). The number of hydrogen-bond donors (Lipinski definition) is 1. The Balaban J connectivity index is 1.82. The molecule has 0 radical (unpaired) electrons. The van der Waals surface area contributed by atoms with Gasteiger partial charge < -0.3 is 4.98 Å². The highest BCUT2D eigenvalue weighted by molar-refractivity contribution is 6.15. The van der Waals surface area contributed by atoms with E-state index in [-0.39, 0.29) is 5.78 Å². The predicted molar refractivity (Wildman–Crippen MR) is 90.1 cm³/mol. The monoisotopic (exact) mass is 287 g/mol. The average Bonchev–Trinajstić information content (AvgIpc) is 2.92. The summed E-state index contributed by atoms with van der Waals surface area (Å²) in [6, 6.07) is 16.3. The molecule has 0 saturated heterocycles. The quantitative estimate of drug-likeness (QED) is 0.647. The molecule has 0 aliphatic heterocycles. The lowest BCUT2D eigenvalue weighted by Crippen LogP contribution is -2.13. The Morgan fingerprint density at radius 2 is 1.82 bits per heavy atom. The number of aromatic amines is 1. The molecule has 1 N–H and O–H groups in total. The van der Waals surface area contributed by atoms with E-state index in [1.807, 2.05) is 36.4 Å². The molecule has 2 heteroatoms. The van der Waals surface area contributed by atoms with Crippen molar-refractivity contribution in [3.63, 3.8) is 0 Å². The van der Waals surface area contributed by atoms with E-state index in [1.165, 1.54) is 16.5 Å². The summed E-state index contributed by atoms with van der Waals surface area (Å²) in [5.41, 5.74) is 6.21. The van der Waals surface area contributed by atoms with Gasteiger partial charge in [-0.2, -0.15) is 0 Å². The van der Waals surface area contributed by atoms with E-state index in [4.69, 9.17) is 0 Å². The van der Waals surface area contributed by atoms with Gasteiger partial charge in [-0.1, -0.05) is 48.5 Å². The number of para-hydroxylation sites is 1. The van der Waals surface area contributed by atoms with Crippen molar-refractivity contribution in [1.82, 2.24) is 4.98 Å². The SMILES string of the molecule is Cc1cccc2c3c([nH]c12)C(=O)/C(=C\c1ccccc1)CC3. The van der Waals surface area contributed by atoms with Gasteiger partial charge in [0.1, 0.15) is 0 Å². The minimum atomic E-state index is 0.140. The van der Waals surface area contributed by atoms with E-state index in [0.29, 0.717) is 0 Å². The molecule has 0 unspecified atom stereocenters. The Kier molecular flexibility index (Phi) is 2.97. The number of aromatic nitrogens is 1. The Bertz CT molecular complexity index is 900. The van der Waals surface area contributed by atoms with Crippen LogP contribution < -0.4 is 0 Å². The third-order valence-corrected chi connectivity index (χ3v) is 4.45. The van der Waals surface area contributed by atoms with Gasteiger partial charge in [-0.25, -0.2) is 0 Å². The summed E-state index contributed by atoms with van der Waals surface area (Å²) in [6.07, 6.45) is 3.74. The van der Waals surface area contributed by atoms with E-state index < -0.39 is 0 Å². The highest BCUT2D eigenvalue weighted by Gasteiger charge is 2.26. The lowest BCUT2D eigenvalue weighted by Gasteiger charge is -2.14. The molecule has 1 aromatic heterocycles. The van der Waals surface area contributed by atoms with Crippen LogP contribution in [0.1, 0.15) is 33.6 Å². The predicted octanol–water partition coefficient (Wildman–Crippen LogP) is 4.69. The third-order valence-electron chi connectivity index (χ3n) is 4.45. The molecule has 1 heterocycles. The van der Waals surface area contributed by atoms with Gasteiger partial charge in [0.2, 0.25) is 5.78 Å². The summed E-state index contributed by atoms with van der Waals surface area (Å²) in [7, 11) is 0. The lowest BCUT2D eigenvalue weighted by atomic mass is 9.89. The fraction of sp³-hybridized carbons (Fsp3) is 0.150. The Labute approximate surface area is 129 Å². The molecule has 0 spiro atoms. The summed E-state index contributed by atoms with van der Waals surface area (Å²) in [4.78, 5) is 16.2. The Hall–Kier alpha value is -2.61. The van der Waals surface area contributed by atoms with Crippen molar-refractivity contribution < 1.29 is 4.79 Å². The minimum absolute atomic E-state index is 0.140. The first-order valence-corrected chi connectivity index (χ1v) is 7.64. The zero-order valence-corrected chi connectivity index (χ0v) is 12.5. The molecule has 1 aliphatic carbocycles. The van der Waals surface area contributed by atoms with Gasteiger partial charge in [-0.3, -0.25) is 4.79 Å². The molecule has 0 saturated carbocycles. The smallest absolute Gasteiger partial charge is 0.205 e. The van der Waals surface area contributed by atoms with Crippen LogP contribution in [0, 0.1) is 6.92 Å². The number of Topliss-reactive ketones (excluding diaryl/α,β-unsaturated/α-hetero) is 1. The number of benzene rings is 2. The first-order chi connectivity index (χ1) is 10.7. The zero-order valence-electron chi connectivity index (χ0n) is 12.5. The second-order valence-electron chi connectivity index (χ2n) is 5.89. The van der Waals surface area contributed by atoms with Crippen LogP contribution in [0.3, 0.4) is 0 Å². The maximum absolute atomic E-state index is 12.8. The van der Waals surface area contributed by atoms with Crippen LogP contribution in [0.15, 0.2) is 54.1 Å². The molecule has 108 valence electrons. The second kappa shape index (κ2) is 4.99. The van der Waals surface area contributed by atoms with Crippen LogP contribution in [0.5, 0.6) is 0 Å². The second-order valence-corrected chi connectivity index (χ2v) is 5.89. The van der Waals surface area contributed by atoms with Crippen molar-refractivity contribution in [2.24, 2.45) is 0 Å². The number of rotatable bonds is 1. The van der Waals surface area contributed by atoms with Gasteiger partial charge in [0.15, 0.2) is 0 Å². The van der Waals surface area contributed by atoms with Crippen molar-refractivity contribution in [3.8, 4) is 0 Å². The van der Waals surface area contributed by atoms with Crippen molar-refractivity contribution in [2.75, 3.05) is 0 Å². The number of nitrogens with one attached hydrogen (secondary N) is 1. The minimum Gasteiger partial charge on any atom is -0.351 e. The first-order valence-electron chi connectivity index (χ1n) is 7.64. The van der Waals surface area contributed by atoms with Crippen molar-refractivity contribution in [2.45, 2.75) is 19.8 Å². The standard InChI is InChI=1S/C20H17NO/c1-13-6-5-9-16-17-11-10-15(12-14-7-3-2-4-8-14)20(22)19(17)21-18(13)16/h2-9,12,21H,10-11H2,1H3/b15-12-. The van der Waals surface area contributed by atoms with Gasteiger partial charge in [-0.05, 0) is 42.5 Å². The molecule has 2 nitrogen and oxygen atoms in total. The summed E-state index contributed by atoms with van der Waals surface area (Å²) in [5, 5.41) is 1.20. The van der Waals surface area contributed by atoms with Crippen LogP contribution in [0.2, 0.25) is 0 Å². The van der Waals surface area contributed by atoms with E-state index in [9.17, 15) is 4.79 Å². The van der Waals surface area contributed by atoms with Crippen molar-refractivity contribution in [3.05, 3.63) is 76.5 Å². The fourth-order valence-electron chi connectivity index (χ4n) is 3.30. The van der Waals surface area contributed by atoms with Crippen molar-refractivity contribution in [1.29, 1.82) is 0 Å². The lowest BCUT2D eigenvalue weighted by molar-refractivity contribution is 0.102. The summed E-state index contributed by atoms with van der Waals surface area (Å²) in [5.74, 6) is 0.140. The molecular weight excluding hydrogens is 270 g/mol. The maximum Gasteiger partial charge on any atom is 0.205 e. The van der Waals surface area contributed by atoms with E-state index in [2.05, 4.69) is 30.1 Å². The van der Waals surface area contributed by atoms with Gasteiger partial charge >= 0.3 is 0 Å². The van der Waals surface area contributed by atoms with E-state index in [1.54, 1.807) is 0 Å². The number of allylic oxidation sites excluding steroid dienone is 1. The zero-order chi connectivity index (χ0) is 15.1. The van der Waals surface area contributed by atoms with Crippen molar-refractivity contribution >= 4 is 22.8 Å². The molecule has 1 aliphatic rings. The molecule has 0 fully saturated rings. The number of fused-ring (bicyclic) bond motifs is 3. The van der Waals surface area contributed by atoms with Gasteiger partial charge in [0.05, 0.1) is 5.69 Å². The van der Waals surface area contributed by atoms with Crippen LogP contribution in [0.25, 0.3) is 17.0 Å². The number of aryl methyl sites for hydroxylation is 2. The topological polar surface area (TPSA) is 32.9 Å². The number of hydrogen-bond acceptors (Lipinski definition) is 1. The summed E-state index contributed by atoms with van der Waals surface area (Å²) >= 11 is 0. The highest BCUT2D eigenvalue weighted by Crippen LogP contribution is 2.33. The number of H-pyrrole nitrogens is 1. The molecule has 22 heavy (non-hydrogen) atoms. The van der Waals surface area contributed by atoms with E-state index in [0.717, 1.165) is 35.2 Å². The average molecular weight is 287 g/mol. The summed E-state index contributed by atoms with van der Waals surface area (Å²) in [6.45, 7) is 2.08. The molecular formula is C20H17NO. The molecule has 2 aromatic carbocycles.